The van der Waals surface area contributed by atoms with Gasteiger partial charge < -0.3 is 9.88 Å². The number of hydrogen-bond acceptors (Lipinski definition) is 3. The van der Waals surface area contributed by atoms with E-state index in [9.17, 15) is 4.79 Å². The Morgan fingerprint density at radius 2 is 2.38 bits per heavy atom. The normalized spacial score (nSPS) is 17.1. The van der Waals surface area contributed by atoms with Crippen molar-refractivity contribution < 1.29 is 0 Å². The van der Waals surface area contributed by atoms with Crippen LogP contribution in [0.1, 0.15) is 39.2 Å². The quantitative estimate of drug-likeness (QED) is 0.827. The summed E-state index contributed by atoms with van der Waals surface area (Å²) in [5.74, 6) is 1.06. The van der Waals surface area contributed by atoms with Crippen LogP contribution in [-0.2, 0) is 0 Å². The van der Waals surface area contributed by atoms with Gasteiger partial charge in [0.25, 0.3) is 5.56 Å². The number of anilines is 1. The first-order valence-corrected chi connectivity index (χ1v) is 6.03. The predicted octanol–water partition coefficient (Wildman–Crippen LogP) is 2.04. The average molecular weight is 221 g/mol. The zero-order valence-electron chi connectivity index (χ0n) is 9.94. The maximum Gasteiger partial charge on any atom is 0.293 e. The van der Waals surface area contributed by atoms with Gasteiger partial charge in [-0.1, -0.05) is 20.3 Å². The lowest BCUT2D eigenvalue weighted by atomic mass is 10.1. The highest BCUT2D eigenvalue weighted by Crippen LogP contribution is 2.33. The third-order valence-electron chi connectivity index (χ3n) is 3.12. The first-order valence-electron chi connectivity index (χ1n) is 6.03. The van der Waals surface area contributed by atoms with E-state index in [1.807, 2.05) is 0 Å². The molecule has 1 heterocycles. The molecule has 1 aliphatic carbocycles. The number of rotatable bonds is 5. The van der Waals surface area contributed by atoms with Crippen LogP contribution in [0.4, 0.5) is 5.82 Å². The zero-order chi connectivity index (χ0) is 11.5. The Labute approximate surface area is 95.7 Å². The Morgan fingerprint density at radius 1 is 1.62 bits per heavy atom. The van der Waals surface area contributed by atoms with Gasteiger partial charge in [-0.05, 0) is 18.8 Å². The topological polar surface area (TPSA) is 46.9 Å². The van der Waals surface area contributed by atoms with Crippen LogP contribution in [0.5, 0.6) is 0 Å². The molecular formula is C12H19N3O. The van der Waals surface area contributed by atoms with Crippen molar-refractivity contribution in [2.75, 3.05) is 11.9 Å². The van der Waals surface area contributed by atoms with Crippen LogP contribution in [0.15, 0.2) is 17.2 Å². The number of aromatic nitrogens is 2. The minimum Gasteiger partial charge on any atom is -0.365 e. The Kier molecular flexibility index (Phi) is 3.27. The molecule has 0 saturated heterocycles. The molecule has 0 aliphatic heterocycles. The van der Waals surface area contributed by atoms with E-state index >= 15 is 0 Å². The second-order valence-corrected chi connectivity index (χ2v) is 4.61. The van der Waals surface area contributed by atoms with E-state index in [0.717, 1.165) is 25.8 Å². The highest BCUT2D eigenvalue weighted by atomic mass is 16.1. The molecule has 16 heavy (non-hydrogen) atoms. The van der Waals surface area contributed by atoms with Crippen LogP contribution >= 0.6 is 0 Å². The van der Waals surface area contributed by atoms with Crippen LogP contribution in [0.25, 0.3) is 0 Å². The Morgan fingerprint density at radius 3 is 3.00 bits per heavy atom. The molecule has 2 rings (SSSR count). The van der Waals surface area contributed by atoms with Gasteiger partial charge in [-0.15, -0.1) is 0 Å². The van der Waals surface area contributed by atoms with E-state index in [0.29, 0.717) is 17.8 Å². The summed E-state index contributed by atoms with van der Waals surface area (Å²) in [6.07, 6.45) is 6.84. The summed E-state index contributed by atoms with van der Waals surface area (Å²) in [6.45, 7) is 5.12. The van der Waals surface area contributed by atoms with Gasteiger partial charge in [0.15, 0.2) is 5.82 Å². The predicted molar refractivity (Wildman–Crippen MR) is 64.7 cm³/mol. The van der Waals surface area contributed by atoms with Crippen LogP contribution < -0.4 is 10.9 Å². The highest BCUT2D eigenvalue weighted by molar-refractivity contribution is 5.31. The van der Waals surface area contributed by atoms with Crippen molar-refractivity contribution in [1.29, 1.82) is 0 Å². The first kappa shape index (κ1) is 11.2. The molecule has 1 aliphatic rings. The standard InChI is InChI=1S/C12H19N3O/c1-3-9(2)8-14-11-12(16)15(7-6-13-11)10-4-5-10/h6-7,9-10H,3-5,8H2,1-2H3,(H,13,14). The molecule has 4 heteroatoms. The Bertz CT molecular complexity index is 409. The molecule has 4 nitrogen and oxygen atoms in total. The summed E-state index contributed by atoms with van der Waals surface area (Å²) in [5, 5.41) is 3.14. The smallest absolute Gasteiger partial charge is 0.293 e. The number of nitrogens with one attached hydrogen (secondary N) is 1. The monoisotopic (exact) mass is 221 g/mol. The van der Waals surface area contributed by atoms with Crippen molar-refractivity contribution in [2.45, 2.75) is 39.2 Å². The lowest BCUT2D eigenvalue weighted by Gasteiger charge is -2.11. The SMILES string of the molecule is CCC(C)CNc1nccn(C2CC2)c1=O. The summed E-state index contributed by atoms with van der Waals surface area (Å²) in [7, 11) is 0. The lowest BCUT2D eigenvalue weighted by Crippen LogP contribution is -2.25. The van der Waals surface area contributed by atoms with Crippen molar-refractivity contribution >= 4 is 5.82 Å². The molecule has 1 saturated carbocycles. The maximum atomic E-state index is 12.0. The summed E-state index contributed by atoms with van der Waals surface area (Å²) in [5.41, 5.74) is 0.0216. The van der Waals surface area contributed by atoms with E-state index in [4.69, 9.17) is 0 Å². The fourth-order valence-corrected chi connectivity index (χ4v) is 1.60. The summed E-state index contributed by atoms with van der Waals surface area (Å²) in [4.78, 5) is 16.1. The largest absolute Gasteiger partial charge is 0.365 e. The van der Waals surface area contributed by atoms with Gasteiger partial charge in [-0.25, -0.2) is 4.98 Å². The van der Waals surface area contributed by atoms with Gasteiger partial charge in [0, 0.05) is 25.0 Å². The van der Waals surface area contributed by atoms with E-state index in [1.54, 1.807) is 17.0 Å². The molecular weight excluding hydrogens is 202 g/mol. The molecule has 1 N–H and O–H groups in total. The maximum absolute atomic E-state index is 12.0. The lowest BCUT2D eigenvalue weighted by molar-refractivity contribution is 0.590. The van der Waals surface area contributed by atoms with Crippen molar-refractivity contribution in [3.05, 3.63) is 22.7 Å². The molecule has 0 radical (unpaired) electrons. The van der Waals surface area contributed by atoms with Gasteiger partial charge in [-0.2, -0.15) is 0 Å². The third kappa shape index (κ3) is 2.43. The Hall–Kier alpha value is -1.32. The van der Waals surface area contributed by atoms with E-state index < -0.39 is 0 Å². The van der Waals surface area contributed by atoms with Crippen molar-refractivity contribution in [2.24, 2.45) is 5.92 Å². The summed E-state index contributed by atoms with van der Waals surface area (Å²) in [6, 6.07) is 0.416. The van der Waals surface area contributed by atoms with Crippen molar-refractivity contribution in [1.82, 2.24) is 9.55 Å². The first-order chi connectivity index (χ1) is 7.72. The summed E-state index contributed by atoms with van der Waals surface area (Å²) >= 11 is 0. The van der Waals surface area contributed by atoms with Crippen LogP contribution in [0.2, 0.25) is 0 Å². The van der Waals surface area contributed by atoms with Crippen LogP contribution in [0.3, 0.4) is 0 Å². The fourth-order valence-electron chi connectivity index (χ4n) is 1.60. The van der Waals surface area contributed by atoms with E-state index in [1.165, 1.54) is 0 Å². The molecule has 1 atom stereocenters. The molecule has 0 aromatic carbocycles. The minimum absolute atomic E-state index is 0.0216. The summed E-state index contributed by atoms with van der Waals surface area (Å²) < 4.78 is 1.80. The minimum atomic E-state index is 0.0216. The fraction of sp³-hybridized carbons (Fsp3) is 0.667. The molecule has 1 aromatic heterocycles. The Balaban J connectivity index is 2.09. The van der Waals surface area contributed by atoms with Gasteiger partial charge in [0.05, 0.1) is 0 Å². The van der Waals surface area contributed by atoms with Gasteiger partial charge in [0.2, 0.25) is 0 Å². The third-order valence-corrected chi connectivity index (χ3v) is 3.12. The average Bonchev–Trinajstić information content (AvgIpc) is 3.11. The number of hydrogen-bond donors (Lipinski definition) is 1. The molecule has 0 spiro atoms. The van der Waals surface area contributed by atoms with E-state index in [2.05, 4.69) is 24.1 Å². The van der Waals surface area contributed by atoms with Gasteiger partial charge in [0.1, 0.15) is 0 Å². The molecule has 1 fully saturated rings. The molecule has 1 unspecified atom stereocenters. The molecule has 0 bridgehead atoms. The van der Waals surface area contributed by atoms with Crippen LogP contribution in [-0.4, -0.2) is 16.1 Å². The molecule has 1 aromatic rings. The number of nitrogens with zero attached hydrogens (tertiary/aromatic N) is 2. The highest BCUT2D eigenvalue weighted by Gasteiger charge is 2.25. The second kappa shape index (κ2) is 4.68. The molecule has 88 valence electrons. The van der Waals surface area contributed by atoms with Crippen molar-refractivity contribution in [3.63, 3.8) is 0 Å². The molecule has 0 amide bonds. The van der Waals surface area contributed by atoms with Gasteiger partial charge in [-0.3, -0.25) is 4.79 Å². The van der Waals surface area contributed by atoms with Gasteiger partial charge >= 0.3 is 0 Å². The second-order valence-electron chi connectivity index (χ2n) is 4.61. The van der Waals surface area contributed by atoms with E-state index in [-0.39, 0.29) is 5.56 Å². The zero-order valence-corrected chi connectivity index (χ0v) is 9.94. The van der Waals surface area contributed by atoms with Crippen LogP contribution in [0, 0.1) is 5.92 Å². The van der Waals surface area contributed by atoms with Crippen molar-refractivity contribution in [3.8, 4) is 0 Å².